The summed E-state index contributed by atoms with van der Waals surface area (Å²) in [5, 5.41) is 10.5. The number of hydrogen-bond acceptors (Lipinski definition) is 2. The second kappa shape index (κ2) is 3.71. The van der Waals surface area contributed by atoms with Crippen molar-refractivity contribution in [2.24, 2.45) is 0 Å². The van der Waals surface area contributed by atoms with Crippen LogP contribution in [0.25, 0.3) is 0 Å². The molecule has 0 aliphatic carbocycles. The first-order valence-electron chi connectivity index (χ1n) is 3.57. The van der Waals surface area contributed by atoms with Gasteiger partial charge >= 0.3 is 6.09 Å². The van der Waals surface area contributed by atoms with Crippen LogP contribution in [0.4, 0.5) is 4.79 Å². The van der Waals surface area contributed by atoms with Crippen LogP contribution in [0.5, 0.6) is 0 Å². The highest BCUT2D eigenvalue weighted by atomic mass is 16.4. The van der Waals surface area contributed by atoms with Gasteiger partial charge in [0.15, 0.2) is 0 Å². The predicted molar refractivity (Wildman–Crippen MR) is 43.8 cm³/mol. The summed E-state index contributed by atoms with van der Waals surface area (Å²) in [5.41, 5.74) is 1.81. The molecule has 0 aliphatic rings. The highest BCUT2D eigenvalue weighted by molar-refractivity contribution is 5.64. The van der Waals surface area contributed by atoms with Crippen molar-refractivity contribution in [3.63, 3.8) is 0 Å². The maximum Gasteiger partial charge on any atom is 0.404 e. The van der Waals surface area contributed by atoms with Gasteiger partial charge in [0.1, 0.15) is 0 Å². The number of nitrogens with one attached hydrogen (secondary N) is 1. The van der Waals surface area contributed by atoms with Crippen molar-refractivity contribution in [3.8, 4) is 0 Å². The Labute approximate surface area is 70.3 Å². The molecule has 12 heavy (non-hydrogen) atoms. The van der Waals surface area contributed by atoms with Gasteiger partial charge in [-0.2, -0.15) is 0 Å². The van der Waals surface area contributed by atoms with Crippen molar-refractivity contribution >= 4 is 6.09 Å². The summed E-state index contributed by atoms with van der Waals surface area (Å²) in [6.45, 7) is 2.20. The number of amides is 1. The Morgan fingerprint density at radius 1 is 1.75 bits per heavy atom. The third kappa shape index (κ3) is 2.57. The maximum absolute atomic E-state index is 10.1. The molecule has 0 fully saturated rings. The van der Waals surface area contributed by atoms with Crippen LogP contribution in [0, 0.1) is 6.92 Å². The van der Waals surface area contributed by atoms with Crippen LogP contribution in [-0.4, -0.2) is 16.2 Å². The van der Waals surface area contributed by atoms with Crippen molar-refractivity contribution < 1.29 is 9.90 Å². The molecular weight excluding hydrogens is 156 g/mol. The van der Waals surface area contributed by atoms with Crippen molar-refractivity contribution in [2.45, 2.75) is 13.5 Å². The van der Waals surface area contributed by atoms with E-state index in [1.54, 1.807) is 6.20 Å². The minimum atomic E-state index is -1.03. The van der Waals surface area contributed by atoms with Crippen LogP contribution in [0.2, 0.25) is 0 Å². The number of rotatable bonds is 2. The molecule has 1 rings (SSSR count). The molecule has 1 amide bonds. The molecule has 0 aromatic carbocycles. The summed E-state index contributed by atoms with van der Waals surface area (Å²) >= 11 is 0. The van der Waals surface area contributed by atoms with E-state index in [9.17, 15) is 4.79 Å². The fourth-order valence-corrected chi connectivity index (χ4v) is 0.862. The molecule has 0 atom stereocenters. The molecule has 0 spiro atoms. The van der Waals surface area contributed by atoms with Crippen molar-refractivity contribution in [1.82, 2.24) is 10.3 Å². The largest absolute Gasteiger partial charge is 0.465 e. The summed E-state index contributed by atoms with van der Waals surface area (Å²) in [5.74, 6) is 0. The molecule has 1 heterocycles. The average Bonchev–Trinajstić information content (AvgIpc) is 2.01. The summed E-state index contributed by atoms with van der Waals surface area (Å²) in [6.07, 6.45) is 0.632. The van der Waals surface area contributed by atoms with Gasteiger partial charge in [-0.3, -0.25) is 4.98 Å². The maximum atomic E-state index is 10.1. The van der Waals surface area contributed by atoms with E-state index in [-0.39, 0.29) is 6.54 Å². The molecule has 4 nitrogen and oxygen atoms in total. The van der Waals surface area contributed by atoms with E-state index >= 15 is 0 Å². The summed E-state index contributed by atoms with van der Waals surface area (Å²) in [6, 6.07) is 3.71. The van der Waals surface area contributed by atoms with Crippen molar-refractivity contribution in [1.29, 1.82) is 0 Å². The smallest absolute Gasteiger partial charge is 0.404 e. The normalized spacial score (nSPS) is 9.42. The molecule has 0 aliphatic heterocycles. The Balaban J connectivity index is 2.57. The van der Waals surface area contributed by atoms with Gasteiger partial charge in [0.25, 0.3) is 0 Å². The first-order chi connectivity index (χ1) is 5.68. The number of carbonyl (C=O) groups is 1. The Kier molecular flexibility index (Phi) is 2.63. The Bertz CT molecular complexity index is 286. The lowest BCUT2D eigenvalue weighted by molar-refractivity contribution is 0.194. The number of pyridine rings is 1. The third-order valence-corrected chi connectivity index (χ3v) is 1.39. The zero-order valence-corrected chi connectivity index (χ0v) is 6.74. The molecule has 0 bridgehead atoms. The lowest BCUT2D eigenvalue weighted by Crippen LogP contribution is -2.20. The van der Waals surface area contributed by atoms with E-state index in [2.05, 4.69) is 10.3 Å². The molecule has 1 aromatic rings. The summed E-state index contributed by atoms with van der Waals surface area (Å²) in [4.78, 5) is 14.1. The van der Waals surface area contributed by atoms with Gasteiger partial charge in [-0.25, -0.2) is 4.79 Å². The van der Waals surface area contributed by atoms with Crippen LogP contribution in [0.1, 0.15) is 11.3 Å². The Morgan fingerprint density at radius 3 is 3.08 bits per heavy atom. The minimum absolute atomic E-state index is 0.261. The second-order valence-electron chi connectivity index (χ2n) is 2.48. The van der Waals surface area contributed by atoms with E-state index in [0.29, 0.717) is 0 Å². The van der Waals surface area contributed by atoms with E-state index in [4.69, 9.17) is 5.11 Å². The van der Waals surface area contributed by atoms with Gasteiger partial charge in [-0.05, 0) is 24.6 Å². The number of aromatic nitrogens is 1. The van der Waals surface area contributed by atoms with Crippen molar-refractivity contribution in [2.75, 3.05) is 0 Å². The predicted octanol–water partition coefficient (Wildman–Crippen LogP) is 1.16. The summed E-state index contributed by atoms with van der Waals surface area (Å²) in [7, 11) is 0. The van der Waals surface area contributed by atoms with Gasteiger partial charge in [-0.15, -0.1) is 0 Å². The zero-order chi connectivity index (χ0) is 8.97. The van der Waals surface area contributed by atoms with Crippen LogP contribution < -0.4 is 5.32 Å². The van der Waals surface area contributed by atoms with E-state index in [0.717, 1.165) is 11.3 Å². The summed E-state index contributed by atoms with van der Waals surface area (Å²) < 4.78 is 0. The van der Waals surface area contributed by atoms with Crippen LogP contribution in [0.3, 0.4) is 0 Å². The van der Waals surface area contributed by atoms with Gasteiger partial charge in [-0.1, -0.05) is 0 Å². The third-order valence-electron chi connectivity index (χ3n) is 1.39. The number of aryl methyl sites for hydroxylation is 1. The topological polar surface area (TPSA) is 62.2 Å². The SMILES string of the molecule is Cc1ccnc(CNC(=O)O)c1. The molecular formula is C8H10N2O2. The first-order valence-corrected chi connectivity index (χ1v) is 3.57. The quantitative estimate of drug-likeness (QED) is 0.692. The molecule has 2 N–H and O–H groups in total. The molecule has 64 valence electrons. The average molecular weight is 166 g/mol. The lowest BCUT2D eigenvalue weighted by Gasteiger charge is -2.00. The molecule has 0 radical (unpaired) electrons. The molecule has 4 heteroatoms. The zero-order valence-electron chi connectivity index (χ0n) is 6.74. The Hall–Kier alpha value is -1.58. The molecule has 0 saturated heterocycles. The fourth-order valence-electron chi connectivity index (χ4n) is 0.862. The number of hydrogen-bond donors (Lipinski definition) is 2. The van der Waals surface area contributed by atoms with Crippen molar-refractivity contribution in [3.05, 3.63) is 29.6 Å². The molecule has 0 saturated carbocycles. The monoisotopic (exact) mass is 166 g/mol. The van der Waals surface area contributed by atoms with Crippen LogP contribution >= 0.6 is 0 Å². The first kappa shape index (κ1) is 8.52. The van der Waals surface area contributed by atoms with E-state index < -0.39 is 6.09 Å². The van der Waals surface area contributed by atoms with Crippen LogP contribution in [-0.2, 0) is 6.54 Å². The fraction of sp³-hybridized carbons (Fsp3) is 0.250. The van der Waals surface area contributed by atoms with Gasteiger partial charge < -0.3 is 10.4 Å². The minimum Gasteiger partial charge on any atom is -0.465 e. The van der Waals surface area contributed by atoms with E-state index in [1.165, 1.54) is 0 Å². The van der Waals surface area contributed by atoms with E-state index in [1.807, 2.05) is 19.1 Å². The second-order valence-corrected chi connectivity index (χ2v) is 2.48. The van der Waals surface area contributed by atoms with Crippen LogP contribution in [0.15, 0.2) is 18.3 Å². The van der Waals surface area contributed by atoms with Gasteiger partial charge in [0.05, 0.1) is 12.2 Å². The highest BCUT2D eigenvalue weighted by Gasteiger charge is 1.96. The van der Waals surface area contributed by atoms with Gasteiger partial charge in [0.2, 0.25) is 0 Å². The molecule has 1 aromatic heterocycles. The standard InChI is InChI=1S/C8H10N2O2/c1-6-2-3-9-7(4-6)5-10-8(11)12/h2-4,10H,5H2,1H3,(H,11,12). The lowest BCUT2D eigenvalue weighted by atomic mass is 10.2. The molecule has 0 unspecified atom stereocenters. The Morgan fingerprint density at radius 2 is 2.50 bits per heavy atom. The number of carboxylic acid groups (broad SMARTS) is 1. The van der Waals surface area contributed by atoms with Gasteiger partial charge in [0, 0.05) is 6.20 Å². The number of nitrogens with zero attached hydrogens (tertiary/aromatic N) is 1. The highest BCUT2D eigenvalue weighted by Crippen LogP contribution is 1.98.